The van der Waals surface area contributed by atoms with Crippen LogP contribution in [0.15, 0.2) is 176 Å². The summed E-state index contributed by atoms with van der Waals surface area (Å²) in [5.74, 6) is 1.53. The molecule has 0 radical (unpaired) electrons. The molecular weight excluding hydrogens is 666 g/mol. The molecule has 7 heteroatoms. The molecule has 0 amide bonds. The molecule has 7 aromatic carbocycles. The molecule has 0 unspecified atom stereocenters. The minimum Gasteiger partial charge on any atom is -0.308 e. The van der Waals surface area contributed by atoms with Crippen molar-refractivity contribution in [2.75, 3.05) is 0 Å². The van der Waals surface area contributed by atoms with Crippen LogP contribution in [-0.4, -0.2) is 19.5 Å². The lowest BCUT2D eigenvalue weighted by Gasteiger charge is -2.17. The van der Waals surface area contributed by atoms with Crippen molar-refractivity contribution in [1.82, 2.24) is 19.5 Å². The quantitative estimate of drug-likeness (QED) is 0.174. The summed E-state index contributed by atoms with van der Waals surface area (Å²) >= 11 is 0. The summed E-state index contributed by atoms with van der Waals surface area (Å²) in [5, 5.41) is 2.13. The smallest absolute Gasteiger partial charge is 0.308 e. The molecule has 53 heavy (non-hydrogen) atoms. The lowest BCUT2D eigenvalue weighted by molar-refractivity contribution is -0.137. The molecule has 0 fully saturated rings. The fourth-order valence-corrected chi connectivity index (χ4v) is 6.91. The van der Waals surface area contributed by atoms with Gasteiger partial charge in [-0.1, -0.05) is 140 Å². The third-order valence-corrected chi connectivity index (χ3v) is 9.51. The molecule has 2 heterocycles. The van der Waals surface area contributed by atoms with Crippen LogP contribution in [0.2, 0.25) is 0 Å². The monoisotopic (exact) mass is 694 g/mol. The number of hydrogen-bond acceptors (Lipinski definition) is 3. The Balaban J connectivity index is 1.34. The first-order valence-corrected chi connectivity index (χ1v) is 17.2. The van der Waals surface area contributed by atoms with E-state index in [1.165, 1.54) is 12.1 Å². The zero-order valence-corrected chi connectivity index (χ0v) is 28.2. The summed E-state index contributed by atoms with van der Waals surface area (Å²) in [6, 6.07) is 55.7. The Morgan fingerprint density at radius 1 is 0.377 bits per heavy atom. The summed E-state index contributed by atoms with van der Waals surface area (Å²) in [7, 11) is 0. The summed E-state index contributed by atoms with van der Waals surface area (Å²) in [5.41, 5.74) is 8.02. The van der Waals surface area contributed by atoms with Crippen LogP contribution in [0.4, 0.5) is 13.2 Å². The molecule has 254 valence electrons. The van der Waals surface area contributed by atoms with Crippen molar-refractivity contribution in [2.24, 2.45) is 0 Å². The summed E-state index contributed by atoms with van der Waals surface area (Å²) in [4.78, 5) is 15.1. The minimum absolute atomic E-state index is 0.469. The van der Waals surface area contributed by atoms with Crippen LogP contribution in [0.1, 0.15) is 5.56 Å². The molecular formula is C46H29F3N4. The first kappa shape index (κ1) is 32.1. The average Bonchev–Trinajstić information content (AvgIpc) is 3.55. The molecule has 0 aliphatic carbocycles. The second-order valence-electron chi connectivity index (χ2n) is 12.8. The van der Waals surface area contributed by atoms with Crippen LogP contribution >= 0.6 is 0 Å². The van der Waals surface area contributed by atoms with Gasteiger partial charge in [-0.3, -0.25) is 0 Å². The van der Waals surface area contributed by atoms with Crippen LogP contribution in [0.5, 0.6) is 0 Å². The third kappa shape index (κ3) is 6.02. The number of para-hydroxylation sites is 1. The number of halogens is 3. The standard InChI is InChI=1S/C46H29F3N4/c47-46(48,49)36-24-20-31(21-25-36)35-23-27-39(45-51-43(32-14-6-2-7-15-32)50-44(52-45)33-16-8-3-9-17-33)42(29-35)53-40-19-11-10-18-37(40)38-26-22-34(28-41(38)53)30-12-4-1-5-13-30/h1-29H. The molecule has 0 aliphatic rings. The molecule has 0 saturated heterocycles. The second kappa shape index (κ2) is 13.0. The first-order chi connectivity index (χ1) is 25.9. The number of rotatable bonds is 6. The Labute approximate surface area is 303 Å². The maximum Gasteiger partial charge on any atom is 0.416 e. The van der Waals surface area contributed by atoms with Gasteiger partial charge in [0, 0.05) is 27.5 Å². The van der Waals surface area contributed by atoms with E-state index in [2.05, 4.69) is 47.0 Å². The van der Waals surface area contributed by atoms with Crippen molar-refractivity contribution in [3.63, 3.8) is 0 Å². The van der Waals surface area contributed by atoms with Gasteiger partial charge >= 0.3 is 6.18 Å². The number of alkyl halides is 3. The van der Waals surface area contributed by atoms with Gasteiger partial charge in [0.25, 0.3) is 0 Å². The van der Waals surface area contributed by atoms with E-state index in [0.717, 1.165) is 73.0 Å². The van der Waals surface area contributed by atoms with Crippen molar-refractivity contribution in [3.8, 4) is 62.1 Å². The Kier molecular flexibility index (Phi) is 7.89. The van der Waals surface area contributed by atoms with E-state index in [9.17, 15) is 13.2 Å². The zero-order chi connectivity index (χ0) is 35.9. The van der Waals surface area contributed by atoms with Crippen LogP contribution in [0.25, 0.3) is 83.9 Å². The zero-order valence-electron chi connectivity index (χ0n) is 28.2. The van der Waals surface area contributed by atoms with Crippen LogP contribution in [0, 0.1) is 0 Å². The van der Waals surface area contributed by atoms with Gasteiger partial charge in [0.15, 0.2) is 17.5 Å². The van der Waals surface area contributed by atoms with Crippen molar-refractivity contribution in [3.05, 3.63) is 181 Å². The Morgan fingerprint density at radius 3 is 1.47 bits per heavy atom. The van der Waals surface area contributed by atoms with Crippen molar-refractivity contribution >= 4 is 21.8 Å². The molecule has 0 atom stereocenters. The highest BCUT2D eigenvalue weighted by Gasteiger charge is 2.30. The number of benzene rings is 7. The Bertz CT molecular complexity index is 2680. The highest BCUT2D eigenvalue weighted by atomic mass is 19.4. The first-order valence-electron chi connectivity index (χ1n) is 17.2. The topological polar surface area (TPSA) is 43.6 Å². The van der Waals surface area contributed by atoms with E-state index in [4.69, 9.17) is 15.0 Å². The largest absolute Gasteiger partial charge is 0.416 e. The fraction of sp³-hybridized carbons (Fsp3) is 0.0217. The SMILES string of the molecule is FC(F)(F)c1ccc(-c2ccc(-c3nc(-c4ccccc4)nc(-c4ccccc4)n3)c(-n3c4ccccc4c4ccc(-c5ccccc5)cc43)c2)cc1. The molecule has 0 N–H and O–H groups in total. The lowest BCUT2D eigenvalue weighted by Crippen LogP contribution is -2.05. The summed E-state index contributed by atoms with van der Waals surface area (Å²) in [6.07, 6.45) is -4.43. The fourth-order valence-electron chi connectivity index (χ4n) is 6.91. The lowest BCUT2D eigenvalue weighted by atomic mass is 10.00. The van der Waals surface area contributed by atoms with Gasteiger partial charge in [0.2, 0.25) is 0 Å². The van der Waals surface area contributed by atoms with Crippen molar-refractivity contribution in [2.45, 2.75) is 6.18 Å². The predicted octanol–water partition coefficient (Wildman–Crippen LogP) is 12.3. The number of aromatic nitrogens is 4. The van der Waals surface area contributed by atoms with E-state index >= 15 is 0 Å². The van der Waals surface area contributed by atoms with Crippen LogP contribution < -0.4 is 0 Å². The minimum atomic E-state index is -4.43. The van der Waals surface area contributed by atoms with Gasteiger partial charge in [0.1, 0.15) is 0 Å². The molecule has 0 aliphatic heterocycles. The third-order valence-electron chi connectivity index (χ3n) is 9.51. The van der Waals surface area contributed by atoms with Gasteiger partial charge in [-0.05, 0) is 58.7 Å². The van der Waals surface area contributed by atoms with Crippen LogP contribution in [0.3, 0.4) is 0 Å². The normalized spacial score (nSPS) is 11.7. The summed E-state index contributed by atoms with van der Waals surface area (Å²) in [6.45, 7) is 0. The number of hydrogen-bond donors (Lipinski definition) is 0. The second-order valence-corrected chi connectivity index (χ2v) is 12.8. The molecule has 2 aromatic heterocycles. The van der Waals surface area contributed by atoms with E-state index < -0.39 is 11.7 Å². The molecule has 4 nitrogen and oxygen atoms in total. The maximum absolute atomic E-state index is 13.6. The number of fused-ring (bicyclic) bond motifs is 3. The Morgan fingerprint density at radius 2 is 0.849 bits per heavy atom. The van der Waals surface area contributed by atoms with Crippen LogP contribution in [-0.2, 0) is 6.18 Å². The van der Waals surface area contributed by atoms with Gasteiger partial charge in [-0.2, -0.15) is 13.2 Å². The van der Waals surface area contributed by atoms with E-state index in [1.807, 2.05) is 109 Å². The molecule has 0 spiro atoms. The van der Waals surface area contributed by atoms with E-state index in [-0.39, 0.29) is 0 Å². The molecule has 9 rings (SSSR count). The number of nitrogens with zero attached hydrogens (tertiary/aromatic N) is 4. The van der Waals surface area contributed by atoms with Gasteiger partial charge in [0.05, 0.1) is 22.3 Å². The van der Waals surface area contributed by atoms with Crippen molar-refractivity contribution < 1.29 is 13.2 Å². The maximum atomic E-state index is 13.6. The van der Waals surface area contributed by atoms with Gasteiger partial charge < -0.3 is 4.57 Å². The van der Waals surface area contributed by atoms with Gasteiger partial charge in [-0.25, -0.2) is 15.0 Å². The predicted molar refractivity (Wildman–Crippen MR) is 206 cm³/mol. The summed E-state index contributed by atoms with van der Waals surface area (Å²) < 4.78 is 42.9. The Hall–Kier alpha value is -6.86. The average molecular weight is 695 g/mol. The van der Waals surface area contributed by atoms with E-state index in [0.29, 0.717) is 23.0 Å². The molecule has 0 bridgehead atoms. The molecule has 0 saturated carbocycles. The highest BCUT2D eigenvalue weighted by molar-refractivity contribution is 6.10. The van der Waals surface area contributed by atoms with E-state index in [1.54, 1.807) is 0 Å². The van der Waals surface area contributed by atoms with Crippen molar-refractivity contribution in [1.29, 1.82) is 0 Å². The van der Waals surface area contributed by atoms with Gasteiger partial charge in [-0.15, -0.1) is 0 Å². The molecule has 9 aromatic rings. The highest BCUT2D eigenvalue weighted by Crippen LogP contribution is 2.40.